The molecule has 2 unspecified atom stereocenters. The number of benzene rings is 1. The smallest absolute Gasteiger partial charge is 0.244 e. The molecule has 2 heterocycles. The zero-order valence-corrected chi connectivity index (χ0v) is 12.3. The summed E-state index contributed by atoms with van der Waals surface area (Å²) in [6.45, 7) is 2.31. The van der Waals surface area contributed by atoms with Gasteiger partial charge >= 0.3 is 0 Å². The second-order valence-electron chi connectivity index (χ2n) is 6.01. The van der Waals surface area contributed by atoms with Gasteiger partial charge in [-0.1, -0.05) is 18.6 Å². The summed E-state index contributed by atoms with van der Waals surface area (Å²) in [6.07, 6.45) is 8.30. The molecule has 1 amide bonds. The van der Waals surface area contributed by atoms with Crippen LogP contribution >= 0.6 is 0 Å². The second-order valence-corrected chi connectivity index (χ2v) is 6.01. The van der Waals surface area contributed by atoms with E-state index in [0.29, 0.717) is 17.8 Å². The van der Waals surface area contributed by atoms with Crippen LogP contribution in [0, 0.1) is 0 Å². The molecule has 112 valence electrons. The van der Waals surface area contributed by atoms with Gasteiger partial charge in [0.15, 0.2) is 0 Å². The van der Waals surface area contributed by atoms with Gasteiger partial charge in [-0.25, -0.2) is 0 Å². The third kappa shape index (κ3) is 3.45. The van der Waals surface area contributed by atoms with Crippen LogP contribution in [0.4, 0.5) is 5.69 Å². The minimum absolute atomic E-state index is 0.00477. The largest absolute Gasteiger partial charge is 0.399 e. The molecule has 1 aromatic carbocycles. The van der Waals surface area contributed by atoms with Crippen LogP contribution in [0.3, 0.4) is 0 Å². The van der Waals surface area contributed by atoms with Gasteiger partial charge in [0.25, 0.3) is 0 Å². The monoisotopic (exact) mass is 285 g/mol. The summed E-state index contributed by atoms with van der Waals surface area (Å²) in [5, 5.41) is 3.16. The lowest BCUT2D eigenvalue weighted by atomic mass is 9.99. The van der Waals surface area contributed by atoms with E-state index in [2.05, 4.69) is 10.2 Å². The summed E-state index contributed by atoms with van der Waals surface area (Å²) in [7, 11) is 0. The highest BCUT2D eigenvalue weighted by Gasteiger charge is 2.35. The lowest BCUT2D eigenvalue weighted by molar-refractivity contribution is -0.117. The molecular formula is C17H23N3O. The lowest BCUT2D eigenvalue weighted by Gasteiger charge is -2.32. The maximum absolute atomic E-state index is 12.1. The van der Waals surface area contributed by atoms with Crippen LogP contribution in [0.1, 0.15) is 31.2 Å². The molecule has 0 spiro atoms. The van der Waals surface area contributed by atoms with Gasteiger partial charge in [-0.3, -0.25) is 9.69 Å². The van der Waals surface area contributed by atoms with Gasteiger partial charge in [0.1, 0.15) is 0 Å². The third-order valence-corrected chi connectivity index (χ3v) is 4.52. The van der Waals surface area contributed by atoms with E-state index in [-0.39, 0.29) is 5.91 Å². The van der Waals surface area contributed by atoms with E-state index in [4.69, 9.17) is 5.73 Å². The molecule has 2 atom stereocenters. The van der Waals surface area contributed by atoms with E-state index in [9.17, 15) is 4.79 Å². The van der Waals surface area contributed by atoms with Gasteiger partial charge in [0.05, 0.1) is 0 Å². The molecule has 3 N–H and O–H groups in total. The number of piperidine rings is 1. The van der Waals surface area contributed by atoms with Crippen LogP contribution < -0.4 is 11.1 Å². The molecule has 4 heteroatoms. The summed E-state index contributed by atoms with van der Waals surface area (Å²) in [5.41, 5.74) is 7.40. The lowest BCUT2D eigenvalue weighted by Crippen LogP contribution is -2.46. The van der Waals surface area contributed by atoms with Crippen molar-refractivity contribution in [3.63, 3.8) is 0 Å². The zero-order chi connectivity index (χ0) is 14.7. The van der Waals surface area contributed by atoms with Crippen molar-refractivity contribution < 1.29 is 4.79 Å². The van der Waals surface area contributed by atoms with Crippen molar-refractivity contribution in [2.75, 3.05) is 18.8 Å². The molecule has 21 heavy (non-hydrogen) atoms. The first-order chi connectivity index (χ1) is 10.2. The fourth-order valence-electron chi connectivity index (χ4n) is 3.48. The highest BCUT2D eigenvalue weighted by Crippen LogP contribution is 2.27. The van der Waals surface area contributed by atoms with Crippen LogP contribution in [0.15, 0.2) is 30.3 Å². The molecule has 4 nitrogen and oxygen atoms in total. The Morgan fingerprint density at radius 2 is 2.19 bits per heavy atom. The molecular weight excluding hydrogens is 262 g/mol. The summed E-state index contributed by atoms with van der Waals surface area (Å²) in [6, 6.07) is 8.39. The van der Waals surface area contributed by atoms with Crippen LogP contribution in [-0.4, -0.2) is 36.0 Å². The summed E-state index contributed by atoms with van der Waals surface area (Å²) >= 11 is 0. The predicted octanol–water partition coefficient (Wildman–Crippen LogP) is 2.02. The number of carbonyl (C=O) groups is 1. The van der Waals surface area contributed by atoms with E-state index in [1.807, 2.05) is 30.3 Å². The Labute approximate surface area is 126 Å². The summed E-state index contributed by atoms with van der Waals surface area (Å²) in [5.74, 6) is -0.00477. The normalized spacial score (nSPS) is 25.9. The topological polar surface area (TPSA) is 58.4 Å². The van der Waals surface area contributed by atoms with Crippen LogP contribution in [-0.2, 0) is 4.79 Å². The Balaban J connectivity index is 1.57. The number of hydrogen-bond donors (Lipinski definition) is 2. The summed E-state index contributed by atoms with van der Waals surface area (Å²) in [4.78, 5) is 14.6. The molecule has 1 aromatic rings. The van der Waals surface area contributed by atoms with E-state index in [1.165, 1.54) is 25.8 Å². The minimum atomic E-state index is -0.00477. The number of anilines is 1. The first kappa shape index (κ1) is 14.1. The SMILES string of the molecule is Nc1cccc(/C=C/C(=O)NC2CCN3CCCCC23)c1. The molecule has 2 saturated heterocycles. The standard InChI is InChI=1S/C17H23N3O/c18-14-5-3-4-13(12-14)7-8-17(21)19-15-9-11-20-10-2-1-6-16(15)20/h3-5,7-8,12,15-16H,1-2,6,9-11,18H2,(H,19,21)/b8-7+. The molecule has 0 bridgehead atoms. The van der Waals surface area contributed by atoms with Crippen molar-refractivity contribution in [1.29, 1.82) is 0 Å². The van der Waals surface area contributed by atoms with Gasteiger partial charge in [0, 0.05) is 30.4 Å². The Morgan fingerprint density at radius 3 is 3.05 bits per heavy atom. The molecule has 2 aliphatic rings. The van der Waals surface area contributed by atoms with Gasteiger partial charge < -0.3 is 11.1 Å². The zero-order valence-electron chi connectivity index (χ0n) is 12.3. The second kappa shape index (κ2) is 6.31. The predicted molar refractivity (Wildman–Crippen MR) is 85.6 cm³/mol. The van der Waals surface area contributed by atoms with Crippen LogP contribution in [0.25, 0.3) is 6.08 Å². The molecule has 2 fully saturated rings. The number of nitrogens with zero attached hydrogens (tertiary/aromatic N) is 1. The molecule has 0 aliphatic carbocycles. The van der Waals surface area contributed by atoms with Gasteiger partial charge in [-0.15, -0.1) is 0 Å². The number of rotatable bonds is 3. The molecule has 0 radical (unpaired) electrons. The van der Waals surface area contributed by atoms with Crippen molar-refractivity contribution in [3.05, 3.63) is 35.9 Å². The van der Waals surface area contributed by atoms with Crippen LogP contribution in [0.5, 0.6) is 0 Å². The summed E-state index contributed by atoms with van der Waals surface area (Å²) < 4.78 is 0. The average molecular weight is 285 g/mol. The Morgan fingerprint density at radius 1 is 1.29 bits per heavy atom. The molecule has 0 aromatic heterocycles. The van der Waals surface area contributed by atoms with Crippen molar-refractivity contribution in [2.24, 2.45) is 0 Å². The fourth-order valence-corrected chi connectivity index (χ4v) is 3.48. The number of hydrogen-bond acceptors (Lipinski definition) is 3. The van der Waals surface area contributed by atoms with Crippen molar-refractivity contribution >= 4 is 17.7 Å². The molecule has 3 rings (SSSR count). The van der Waals surface area contributed by atoms with E-state index in [0.717, 1.165) is 18.5 Å². The Bertz CT molecular complexity index is 541. The molecule has 0 saturated carbocycles. The molecule has 2 aliphatic heterocycles. The third-order valence-electron chi connectivity index (χ3n) is 4.52. The van der Waals surface area contributed by atoms with E-state index < -0.39 is 0 Å². The highest BCUT2D eigenvalue weighted by atomic mass is 16.1. The van der Waals surface area contributed by atoms with Crippen molar-refractivity contribution in [2.45, 2.75) is 37.8 Å². The number of amides is 1. The average Bonchev–Trinajstić information content (AvgIpc) is 2.89. The fraction of sp³-hybridized carbons (Fsp3) is 0.471. The maximum atomic E-state index is 12.1. The van der Waals surface area contributed by atoms with E-state index in [1.54, 1.807) is 6.08 Å². The number of nitrogens with one attached hydrogen (secondary N) is 1. The van der Waals surface area contributed by atoms with E-state index >= 15 is 0 Å². The van der Waals surface area contributed by atoms with Crippen molar-refractivity contribution in [1.82, 2.24) is 10.2 Å². The van der Waals surface area contributed by atoms with Gasteiger partial charge in [-0.05, 0) is 49.6 Å². The minimum Gasteiger partial charge on any atom is -0.399 e. The number of carbonyl (C=O) groups excluding carboxylic acids is 1. The Kier molecular flexibility index (Phi) is 4.25. The number of nitrogen functional groups attached to an aromatic ring is 1. The number of nitrogens with two attached hydrogens (primary N) is 1. The quantitative estimate of drug-likeness (QED) is 0.660. The maximum Gasteiger partial charge on any atom is 0.244 e. The first-order valence-electron chi connectivity index (χ1n) is 7.80. The highest BCUT2D eigenvalue weighted by molar-refractivity contribution is 5.92. The van der Waals surface area contributed by atoms with Crippen molar-refractivity contribution in [3.8, 4) is 0 Å². The first-order valence-corrected chi connectivity index (χ1v) is 7.80. The Hall–Kier alpha value is -1.81. The van der Waals surface area contributed by atoms with Crippen LogP contribution in [0.2, 0.25) is 0 Å². The van der Waals surface area contributed by atoms with Gasteiger partial charge in [-0.2, -0.15) is 0 Å². The van der Waals surface area contributed by atoms with Gasteiger partial charge in [0.2, 0.25) is 5.91 Å². The number of fused-ring (bicyclic) bond motifs is 1.